The second-order valence-corrected chi connectivity index (χ2v) is 21.0. The fourth-order valence-electron chi connectivity index (χ4n) is 12.4. The zero-order valence-electron chi connectivity index (χ0n) is 40.9. The number of amides is 4. The quantitative estimate of drug-likeness (QED) is 0.101. The maximum absolute atomic E-state index is 14.2. The van der Waals surface area contributed by atoms with Gasteiger partial charge in [-0.25, -0.2) is 19.6 Å². The molecule has 2 saturated heterocycles. The van der Waals surface area contributed by atoms with E-state index in [1.807, 2.05) is 49.9 Å². The number of nitrogens with one attached hydrogen (secondary N) is 4. The molecule has 362 valence electrons. The van der Waals surface area contributed by atoms with Crippen LogP contribution in [0.15, 0.2) is 73.1 Å². The monoisotopic (exact) mass is 935 g/mol. The van der Waals surface area contributed by atoms with Crippen LogP contribution in [0.3, 0.4) is 0 Å². The molecule has 5 aromatic rings. The number of piperidine rings is 2. The Morgan fingerprint density at radius 1 is 0.638 bits per heavy atom. The van der Waals surface area contributed by atoms with Gasteiger partial charge in [0.2, 0.25) is 11.8 Å². The highest BCUT2D eigenvalue weighted by Gasteiger charge is 2.53. The van der Waals surface area contributed by atoms with Crippen molar-refractivity contribution in [3.05, 3.63) is 107 Å². The van der Waals surface area contributed by atoms with Crippen molar-refractivity contribution >= 4 is 24.0 Å². The number of carbonyl (C=O) groups excluding carboxylic acids is 4. The lowest BCUT2D eigenvalue weighted by atomic mass is 9.84. The van der Waals surface area contributed by atoms with E-state index in [0.29, 0.717) is 11.8 Å². The maximum atomic E-state index is 14.2. The molecule has 14 heteroatoms. The molecular formula is C55H66N8O6. The molecular weight excluding hydrogens is 869 g/mol. The van der Waals surface area contributed by atoms with E-state index in [4.69, 9.17) is 19.4 Å². The Morgan fingerprint density at radius 2 is 1.17 bits per heavy atom. The Balaban J connectivity index is 0.871. The summed E-state index contributed by atoms with van der Waals surface area (Å²) in [6.45, 7) is 10.1. The highest BCUT2D eigenvalue weighted by molar-refractivity contribution is 5.88. The fourth-order valence-corrected chi connectivity index (χ4v) is 12.4. The number of hydrogen-bond donors (Lipinski definition) is 4. The van der Waals surface area contributed by atoms with Crippen molar-refractivity contribution in [1.29, 1.82) is 0 Å². The highest BCUT2D eigenvalue weighted by atomic mass is 16.5. The second-order valence-electron chi connectivity index (χ2n) is 21.0. The number of benzene rings is 3. The summed E-state index contributed by atoms with van der Waals surface area (Å²) in [4.78, 5) is 74.2. The number of aromatic amines is 2. The molecule has 14 nitrogen and oxygen atoms in total. The second kappa shape index (κ2) is 18.8. The topological polar surface area (TPSA) is 175 Å². The van der Waals surface area contributed by atoms with Crippen molar-refractivity contribution in [3.63, 3.8) is 0 Å². The summed E-state index contributed by atoms with van der Waals surface area (Å²) in [5.74, 6) is 2.07. The molecule has 6 aliphatic carbocycles. The molecule has 8 bridgehead atoms. The van der Waals surface area contributed by atoms with E-state index in [-0.39, 0.29) is 53.7 Å². The summed E-state index contributed by atoms with van der Waals surface area (Å²) in [6, 6.07) is 21.1. The first-order valence-corrected chi connectivity index (χ1v) is 25.1. The van der Waals surface area contributed by atoms with Crippen LogP contribution in [-0.2, 0) is 38.3 Å². The summed E-state index contributed by atoms with van der Waals surface area (Å²) >= 11 is 0. The van der Waals surface area contributed by atoms with E-state index in [2.05, 4.69) is 88.2 Å². The van der Waals surface area contributed by atoms with E-state index in [0.717, 1.165) is 97.5 Å². The summed E-state index contributed by atoms with van der Waals surface area (Å²) in [5, 5.41) is 5.59. The summed E-state index contributed by atoms with van der Waals surface area (Å²) in [7, 11) is 2.64. The van der Waals surface area contributed by atoms with Gasteiger partial charge in [-0.3, -0.25) is 9.59 Å². The van der Waals surface area contributed by atoms with Crippen LogP contribution < -0.4 is 10.6 Å². The standard InChI is InChI=1S/C55H66N8O6/c1-29(2)46(60-54(66)68-6)52(64)62-40-20-18-38(24-40)48(62)50-56-27-44(58-50)35-15-12-34(13-16-35)42-26-36-17-14-33(42)10-8-32-9-11-37(22-31(36)5)43(23-32)45-28-57-51(59-45)49-39-19-21-41(25-39)63(49)53(65)47(30(3)4)61-55(67)69-7/h9,11-17,23,26-31,38-41,46-49H,8,10,18-22,24-25H2,1-7H3,(H,56,58)(H,57,59)(H,60,66)(H,61,67)/t31-,38?,39?,40?,41?,46+,47+,48+,49+/m1/s1. The van der Waals surface area contributed by atoms with E-state index < -0.39 is 24.3 Å². The third-order valence-electron chi connectivity index (χ3n) is 16.1. The van der Waals surface area contributed by atoms with Crippen LogP contribution in [-0.4, -0.2) is 92.1 Å². The van der Waals surface area contributed by atoms with Crippen LogP contribution in [0.4, 0.5) is 9.59 Å². The van der Waals surface area contributed by atoms with Gasteiger partial charge in [-0.1, -0.05) is 89.2 Å². The Bertz CT molecular complexity index is 2740. The normalized spacial score (nSPS) is 24.4. The van der Waals surface area contributed by atoms with Crippen LogP contribution in [0.25, 0.3) is 33.6 Å². The number of H-pyrrole nitrogens is 2. The molecule has 4 heterocycles. The summed E-state index contributed by atoms with van der Waals surface area (Å²) in [6.07, 6.45) is 11.2. The van der Waals surface area contributed by atoms with E-state index >= 15 is 0 Å². The molecule has 2 saturated carbocycles. The molecule has 2 aromatic heterocycles. The third kappa shape index (κ3) is 8.69. The van der Waals surface area contributed by atoms with Gasteiger partial charge in [0.15, 0.2) is 0 Å². The first kappa shape index (κ1) is 46.3. The molecule has 4 fully saturated rings. The molecule has 9 atom stereocenters. The smallest absolute Gasteiger partial charge is 0.407 e. The molecule has 13 rings (SSSR count). The van der Waals surface area contributed by atoms with Gasteiger partial charge in [0, 0.05) is 35.6 Å². The molecule has 3 aromatic carbocycles. The van der Waals surface area contributed by atoms with Crippen molar-refractivity contribution in [2.24, 2.45) is 23.7 Å². The number of carbonyl (C=O) groups is 4. The number of rotatable bonds is 11. The maximum Gasteiger partial charge on any atom is 0.407 e. The molecule has 8 aliphatic rings. The highest BCUT2D eigenvalue weighted by Crippen LogP contribution is 2.52. The lowest BCUT2D eigenvalue weighted by Gasteiger charge is -2.37. The number of hydrogen-bond acceptors (Lipinski definition) is 8. The van der Waals surface area contributed by atoms with Crippen LogP contribution in [0.2, 0.25) is 0 Å². The molecule has 2 aliphatic heterocycles. The number of likely N-dealkylation sites (tertiary alicyclic amines) is 2. The van der Waals surface area contributed by atoms with Gasteiger partial charge in [-0.05, 0) is 127 Å². The SMILES string of the molecule is COC(=O)N[C@H](C(=O)N1C2CCC(C2)[C@H]1c1nc(-c2ccc(-c3cc4ccc3CCc3ccc(c(-c5c[nH]c([C@@H]6C7CCC(C7)N6C(=O)[C@@H](NC(=O)OC)C(C)C)n5)c3)C[C@H]4C)cc2)c[nH]1)C(C)C. The first-order chi connectivity index (χ1) is 33.3. The Labute approximate surface area is 404 Å². The van der Waals surface area contributed by atoms with E-state index in [1.165, 1.54) is 42.0 Å². The number of methoxy groups -OCH3 is 2. The van der Waals surface area contributed by atoms with Gasteiger partial charge >= 0.3 is 12.2 Å². The average molecular weight is 935 g/mol. The van der Waals surface area contributed by atoms with Gasteiger partial charge < -0.3 is 39.9 Å². The minimum Gasteiger partial charge on any atom is -0.453 e. The number of aryl methyl sites for hydroxylation is 2. The lowest BCUT2D eigenvalue weighted by Crippen LogP contribution is -2.54. The number of nitrogens with zero attached hydrogens (tertiary/aromatic N) is 4. The van der Waals surface area contributed by atoms with Crippen LogP contribution in [0.5, 0.6) is 0 Å². The number of fused-ring (bicyclic) bond motifs is 4. The van der Waals surface area contributed by atoms with Crippen molar-refractivity contribution in [2.75, 3.05) is 14.2 Å². The minimum atomic E-state index is -0.685. The molecule has 69 heavy (non-hydrogen) atoms. The zero-order valence-corrected chi connectivity index (χ0v) is 40.9. The number of aromatic nitrogens is 4. The largest absolute Gasteiger partial charge is 0.453 e. The molecule has 4 amide bonds. The van der Waals surface area contributed by atoms with Crippen molar-refractivity contribution in [3.8, 4) is 33.6 Å². The van der Waals surface area contributed by atoms with Gasteiger partial charge in [-0.15, -0.1) is 0 Å². The minimum absolute atomic E-state index is 0.0776. The predicted molar refractivity (Wildman–Crippen MR) is 263 cm³/mol. The Kier molecular flexibility index (Phi) is 12.6. The Hall–Kier alpha value is -6.44. The molecule has 0 spiro atoms. The molecule has 4 N–H and O–H groups in total. The number of imidazole rings is 2. The molecule has 4 unspecified atom stereocenters. The van der Waals surface area contributed by atoms with Crippen LogP contribution in [0, 0.1) is 23.7 Å². The average Bonchev–Trinajstić information content (AvgIpc) is 4.23. The Morgan fingerprint density at radius 3 is 1.74 bits per heavy atom. The predicted octanol–water partition coefficient (Wildman–Crippen LogP) is 9.44. The first-order valence-electron chi connectivity index (χ1n) is 25.1. The van der Waals surface area contributed by atoms with Crippen LogP contribution >= 0.6 is 0 Å². The summed E-state index contributed by atoms with van der Waals surface area (Å²) in [5.41, 5.74) is 11.3. The zero-order chi connectivity index (χ0) is 48.2. The van der Waals surface area contributed by atoms with Gasteiger partial charge in [0.05, 0.1) is 37.7 Å². The molecule has 0 radical (unpaired) electrons. The van der Waals surface area contributed by atoms with Crippen LogP contribution in [0.1, 0.15) is 125 Å². The van der Waals surface area contributed by atoms with Crippen molar-refractivity contribution in [2.45, 2.75) is 135 Å². The lowest BCUT2D eigenvalue weighted by molar-refractivity contribution is -0.140. The van der Waals surface area contributed by atoms with Gasteiger partial charge in [0.25, 0.3) is 0 Å². The van der Waals surface area contributed by atoms with Gasteiger partial charge in [-0.2, -0.15) is 0 Å². The van der Waals surface area contributed by atoms with Crippen molar-refractivity contribution < 1.29 is 28.7 Å². The third-order valence-corrected chi connectivity index (χ3v) is 16.1. The number of alkyl carbamates (subject to hydrolysis) is 2. The van der Waals surface area contributed by atoms with E-state index in [1.54, 1.807) is 0 Å². The fraction of sp³-hybridized carbons (Fsp3) is 0.491. The van der Waals surface area contributed by atoms with Crippen molar-refractivity contribution in [1.82, 2.24) is 40.4 Å². The van der Waals surface area contributed by atoms with E-state index in [9.17, 15) is 19.2 Å². The van der Waals surface area contributed by atoms with Gasteiger partial charge in [0.1, 0.15) is 23.7 Å². The number of ether oxygens (including phenoxy) is 2. The summed E-state index contributed by atoms with van der Waals surface area (Å²) < 4.78 is 9.75.